The van der Waals surface area contributed by atoms with Gasteiger partial charge in [0.25, 0.3) is 0 Å². The molecule has 308 valence electrons. The van der Waals surface area contributed by atoms with Crippen LogP contribution < -0.4 is 14.5 Å². The second-order valence-electron chi connectivity index (χ2n) is 14.5. The van der Waals surface area contributed by atoms with Gasteiger partial charge in [-0.15, -0.1) is 0 Å². The quantitative estimate of drug-likeness (QED) is 0.147. The summed E-state index contributed by atoms with van der Waals surface area (Å²) in [5, 5.41) is 9.43. The normalized spacial score (nSPS) is 12.6. The summed E-state index contributed by atoms with van der Waals surface area (Å²) < 4.78 is 16.6. The Morgan fingerprint density at radius 1 is 0.552 bits per heavy atom. The molecule has 4 aromatic rings. The summed E-state index contributed by atoms with van der Waals surface area (Å²) in [6, 6.07) is 30.6. The molecule has 0 unspecified atom stereocenters. The molecule has 1 saturated heterocycles. The molecule has 14 nitrogen and oxygen atoms in total. The number of amides is 4. The molecular weight excluding hydrogens is 741 g/mol. The molecule has 0 radical (unpaired) electrons. The lowest BCUT2D eigenvalue weighted by molar-refractivity contribution is -0.150. The molecule has 1 heterocycles. The van der Waals surface area contributed by atoms with Crippen molar-refractivity contribution in [1.82, 2.24) is 19.6 Å². The summed E-state index contributed by atoms with van der Waals surface area (Å²) in [5.41, 5.74) is 6.43. The third-order valence-electron chi connectivity index (χ3n) is 9.81. The van der Waals surface area contributed by atoms with Crippen LogP contribution in [0.15, 0.2) is 97.1 Å². The number of benzene rings is 4. The van der Waals surface area contributed by atoms with Crippen molar-refractivity contribution in [3.8, 4) is 5.75 Å². The zero-order chi connectivity index (χ0) is 41.6. The number of aliphatic hydroxyl groups excluding tert-OH is 1. The lowest BCUT2D eigenvalue weighted by Gasteiger charge is -2.34. The molecule has 0 atom stereocenters. The highest BCUT2D eigenvalue weighted by atomic mass is 16.6. The molecule has 4 amide bonds. The maximum absolute atomic E-state index is 13.4. The summed E-state index contributed by atoms with van der Waals surface area (Å²) in [4.78, 5) is 63.0. The van der Waals surface area contributed by atoms with Gasteiger partial charge in [-0.1, -0.05) is 60.7 Å². The summed E-state index contributed by atoms with van der Waals surface area (Å²) in [6.07, 6.45) is -1.11. The van der Waals surface area contributed by atoms with Gasteiger partial charge in [0.2, 0.25) is 11.8 Å². The largest absolute Gasteiger partial charge is 0.497 e. The lowest BCUT2D eigenvalue weighted by Crippen LogP contribution is -2.55. The first-order chi connectivity index (χ1) is 27.9. The number of rotatable bonds is 18. The molecule has 0 saturated carbocycles. The molecule has 58 heavy (non-hydrogen) atoms. The summed E-state index contributed by atoms with van der Waals surface area (Å²) >= 11 is 0. The van der Waals surface area contributed by atoms with Crippen molar-refractivity contribution in [3.05, 3.63) is 125 Å². The van der Waals surface area contributed by atoms with E-state index in [4.69, 9.17) is 14.2 Å². The zero-order valence-corrected chi connectivity index (χ0v) is 34.0. The molecular formula is C44H54N6O8. The number of carbonyl (C=O) groups excluding carboxylic acids is 4. The van der Waals surface area contributed by atoms with E-state index in [0.717, 1.165) is 39.2 Å². The first-order valence-electron chi connectivity index (χ1n) is 19.2. The van der Waals surface area contributed by atoms with Crippen LogP contribution in [-0.4, -0.2) is 123 Å². The van der Waals surface area contributed by atoms with Crippen molar-refractivity contribution in [1.29, 1.82) is 0 Å². The van der Waals surface area contributed by atoms with Crippen LogP contribution in [0.3, 0.4) is 0 Å². The number of nitrogens with zero attached hydrogens (tertiary/aromatic N) is 6. The van der Waals surface area contributed by atoms with Gasteiger partial charge in [0.15, 0.2) is 0 Å². The molecule has 4 aromatic carbocycles. The van der Waals surface area contributed by atoms with E-state index < -0.39 is 12.2 Å². The average molecular weight is 795 g/mol. The number of piperazine rings is 1. The van der Waals surface area contributed by atoms with Crippen molar-refractivity contribution in [2.75, 3.05) is 84.5 Å². The van der Waals surface area contributed by atoms with E-state index in [0.29, 0.717) is 12.3 Å². The van der Waals surface area contributed by atoms with Gasteiger partial charge in [0.05, 0.1) is 39.9 Å². The smallest absolute Gasteiger partial charge is 0.410 e. The standard InChI is InChI=1S/C44H54N6O8/c1-45(2)38-16-10-34(11-17-38)27-49(26-33-6-8-37(32-51)9-7-33)43(54)57-24-22-47-30-42(53)48(31-41(47)52)23-25-58-44(55)50(29-36-14-20-40(56-5)21-15-36)28-35-12-18-39(19-13-35)46(3)4/h6-21,51H,22-32H2,1-5H3. The fourth-order valence-electron chi connectivity index (χ4n) is 6.31. The highest BCUT2D eigenvalue weighted by Crippen LogP contribution is 2.20. The second-order valence-corrected chi connectivity index (χ2v) is 14.5. The Kier molecular flexibility index (Phi) is 15.3. The van der Waals surface area contributed by atoms with Gasteiger partial charge < -0.3 is 38.9 Å². The lowest BCUT2D eigenvalue weighted by atomic mass is 10.1. The molecule has 1 N–H and O–H groups in total. The number of hydrogen-bond donors (Lipinski definition) is 1. The van der Waals surface area contributed by atoms with Gasteiger partial charge in [-0.05, 0) is 64.2 Å². The summed E-state index contributed by atoms with van der Waals surface area (Å²) in [5.74, 6) is 0.109. The Hall–Kier alpha value is -6.28. The fourth-order valence-corrected chi connectivity index (χ4v) is 6.31. The van der Waals surface area contributed by atoms with Gasteiger partial charge in [0, 0.05) is 65.7 Å². The van der Waals surface area contributed by atoms with Gasteiger partial charge >= 0.3 is 12.2 Å². The third-order valence-corrected chi connectivity index (χ3v) is 9.81. The Morgan fingerprint density at radius 2 is 0.879 bits per heavy atom. The van der Waals surface area contributed by atoms with Gasteiger partial charge in [0.1, 0.15) is 19.0 Å². The van der Waals surface area contributed by atoms with Gasteiger partial charge in [-0.2, -0.15) is 0 Å². The van der Waals surface area contributed by atoms with E-state index in [2.05, 4.69) is 0 Å². The molecule has 1 aliphatic heterocycles. The van der Waals surface area contributed by atoms with Crippen LogP contribution in [0, 0.1) is 0 Å². The van der Waals surface area contributed by atoms with E-state index in [-0.39, 0.29) is 77.4 Å². The first-order valence-corrected chi connectivity index (χ1v) is 19.2. The van der Waals surface area contributed by atoms with Crippen molar-refractivity contribution in [3.63, 3.8) is 0 Å². The van der Waals surface area contributed by atoms with Crippen molar-refractivity contribution < 1.29 is 38.5 Å². The number of methoxy groups -OCH3 is 1. The van der Waals surface area contributed by atoms with Crippen LogP contribution in [0.5, 0.6) is 5.75 Å². The van der Waals surface area contributed by atoms with Crippen LogP contribution in [0.25, 0.3) is 0 Å². The minimum absolute atomic E-state index is 0.0472. The first kappa shape index (κ1) is 42.9. The Balaban J connectivity index is 1.12. The van der Waals surface area contributed by atoms with E-state index >= 15 is 0 Å². The van der Waals surface area contributed by atoms with Crippen LogP contribution in [0.2, 0.25) is 0 Å². The summed E-state index contributed by atoms with van der Waals surface area (Å²) in [7, 11) is 9.43. The SMILES string of the molecule is COc1ccc(CN(Cc2ccc(N(C)C)cc2)C(=O)OCCN2CC(=O)N(CCOC(=O)N(Cc3ccc(CO)cc3)Cc3ccc(N(C)C)cc3)CC2=O)cc1. The van der Waals surface area contributed by atoms with Crippen LogP contribution >= 0.6 is 0 Å². The number of anilines is 2. The minimum atomic E-state index is -0.561. The zero-order valence-electron chi connectivity index (χ0n) is 34.0. The van der Waals surface area contributed by atoms with Crippen molar-refractivity contribution in [2.45, 2.75) is 32.8 Å². The maximum Gasteiger partial charge on any atom is 0.410 e. The number of carbonyl (C=O) groups is 4. The second kappa shape index (κ2) is 20.8. The molecule has 14 heteroatoms. The van der Waals surface area contributed by atoms with Gasteiger partial charge in [-0.3, -0.25) is 19.4 Å². The molecule has 0 aromatic heterocycles. The molecule has 1 aliphatic rings. The highest BCUT2D eigenvalue weighted by Gasteiger charge is 2.30. The Morgan fingerprint density at radius 3 is 1.21 bits per heavy atom. The van der Waals surface area contributed by atoms with Crippen molar-refractivity contribution in [2.24, 2.45) is 0 Å². The predicted octanol–water partition coefficient (Wildman–Crippen LogP) is 4.97. The van der Waals surface area contributed by atoms with Crippen LogP contribution in [0.1, 0.15) is 27.8 Å². The minimum Gasteiger partial charge on any atom is -0.497 e. The summed E-state index contributed by atoms with van der Waals surface area (Å²) in [6.45, 7) is 0.612. The molecule has 0 aliphatic carbocycles. The molecule has 0 spiro atoms. The Labute approximate surface area is 340 Å². The van der Waals surface area contributed by atoms with E-state index in [1.165, 1.54) is 9.80 Å². The van der Waals surface area contributed by atoms with Crippen LogP contribution in [-0.2, 0) is 51.8 Å². The monoisotopic (exact) mass is 794 g/mol. The molecule has 0 bridgehead atoms. The number of ether oxygens (including phenoxy) is 3. The van der Waals surface area contributed by atoms with E-state index in [1.807, 2.05) is 135 Å². The predicted molar refractivity (Wildman–Crippen MR) is 221 cm³/mol. The van der Waals surface area contributed by atoms with E-state index in [1.54, 1.807) is 16.9 Å². The van der Waals surface area contributed by atoms with Crippen molar-refractivity contribution >= 4 is 35.4 Å². The maximum atomic E-state index is 13.4. The topological polar surface area (TPSA) is 136 Å². The number of hydrogen-bond acceptors (Lipinski definition) is 10. The number of aliphatic hydroxyl groups is 1. The average Bonchev–Trinajstić information content (AvgIpc) is 3.22. The van der Waals surface area contributed by atoms with Crippen LogP contribution in [0.4, 0.5) is 21.0 Å². The fraction of sp³-hybridized carbons (Fsp3) is 0.364. The molecule has 1 fully saturated rings. The third kappa shape index (κ3) is 12.4. The molecule has 5 rings (SSSR count). The highest BCUT2D eigenvalue weighted by molar-refractivity contribution is 5.92. The van der Waals surface area contributed by atoms with E-state index in [9.17, 15) is 24.3 Å². The van der Waals surface area contributed by atoms with Gasteiger partial charge in [-0.25, -0.2) is 9.59 Å². The Bertz CT molecular complexity index is 1810.